The van der Waals surface area contributed by atoms with E-state index in [1.807, 2.05) is 0 Å². The summed E-state index contributed by atoms with van der Waals surface area (Å²) in [6, 6.07) is 2.72. The molecule has 0 bridgehead atoms. The Kier molecular flexibility index (Phi) is 4.96. The molecule has 0 amide bonds. The first-order valence-electron chi connectivity index (χ1n) is 2.98. The van der Waals surface area contributed by atoms with Gasteiger partial charge in [-0.05, 0) is 19.1 Å². The van der Waals surface area contributed by atoms with Crippen molar-refractivity contribution in [2.24, 2.45) is 0 Å². The molecule has 1 rings (SSSR count). The third-order valence-corrected chi connectivity index (χ3v) is 1.20. The predicted octanol–water partition coefficient (Wildman–Crippen LogP) is 1.88. The Hall–Kier alpha value is -1.16. The number of hydrogen-bond donors (Lipinski definition) is 1. The first-order valence-corrected chi connectivity index (χ1v) is 3.36. The molecule has 0 aliphatic rings. The van der Waals surface area contributed by atoms with Crippen LogP contribution in [0.1, 0.15) is 5.69 Å². The minimum atomic E-state index is -0.320. The summed E-state index contributed by atoms with van der Waals surface area (Å²) in [6.07, 6.45) is 0. The van der Waals surface area contributed by atoms with E-state index in [4.69, 9.17) is 21.5 Å². The normalized spacial score (nSPS) is 8.25. The number of aromatic nitrogens is 1. The zero-order chi connectivity index (χ0) is 9.56. The highest BCUT2D eigenvalue weighted by Gasteiger charge is 1.96. The second kappa shape index (κ2) is 5.49. The number of pyridine rings is 1. The smallest absolute Gasteiger partial charge is 0.290 e. The number of carboxylic acid groups (broad SMARTS) is 1. The Bertz CT molecular complexity index is 268. The van der Waals surface area contributed by atoms with Crippen LogP contribution in [0.15, 0.2) is 12.1 Å². The number of halogens is 2. The Morgan fingerprint density at radius 1 is 1.67 bits per heavy atom. The van der Waals surface area contributed by atoms with Crippen LogP contribution < -0.4 is 0 Å². The van der Waals surface area contributed by atoms with Crippen LogP contribution in [0.4, 0.5) is 4.39 Å². The number of carbonyl (C=O) groups is 1. The lowest BCUT2D eigenvalue weighted by Gasteiger charge is -1.92. The van der Waals surface area contributed by atoms with E-state index in [1.54, 1.807) is 6.92 Å². The lowest BCUT2D eigenvalue weighted by molar-refractivity contribution is -0.122. The summed E-state index contributed by atoms with van der Waals surface area (Å²) in [7, 11) is 0. The molecule has 3 nitrogen and oxygen atoms in total. The summed E-state index contributed by atoms with van der Waals surface area (Å²) in [5, 5.41) is 7.22. The molecule has 0 aromatic carbocycles. The van der Waals surface area contributed by atoms with Gasteiger partial charge in [-0.3, -0.25) is 4.79 Å². The fraction of sp³-hybridized carbons (Fsp3) is 0.143. The van der Waals surface area contributed by atoms with Gasteiger partial charge >= 0.3 is 0 Å². The van der Waals surface area contributed by atoms with E-state index in [1.165, 1.54) is 12.1 Å². The van der Waals surface area contributed by atoms with Crippen LogP contribution in [-0.4, -0.2) is 16.6 Å². The van der Waals surface area contributed by atoms with Gasteiger partial charge in [0.1, 0.15) is 11.0 Å². The highest BCUT2D eigenvalue weighted by molar-refractivity contribution is 6.29. The van der Waals surface area contributed by atoms with Crippen LogP contribution in [0.2, 0.25) is 5.15 Å². The Morgan fingerprint density at radius 3 is 2.50 bits per heavy atom. The molecule has 1 aromatic rings. The largest absolute Gasteiger partial charge is 0.483 e. The van der Waals surface area contributed by atoms with Crippen LogP contribution in [-0.2, 0) is 4.79 Å². The van der Waals surface area contributed by atoms with E-state index >= 15 is 0 Å². The molecular weight excluding hydrogens is 185 g/mol. The summed E-state index contributed by atoms with van der Waals surface area (Å²) >= 11 is 5.44. The van der Waals surface area contributed by atoms with Crippen LogP contribution in [0, 0.1) is 12.7 Å². The molecule has 66 valence electrons. The number of rotatable bonds is 0. The van der Waals surface area contributed by atoms with Crippen molar-refractivity contribution < 1.29 is 14.3 Å². The lowest BCUT2D eigenvalue weighted by atomic mass is 10.4. The topological polar surface area (TPSA) is 50.2 Å². The van der Waals surface area contributed by atoms with Crippen molar-refractivity contribution in [1.29, 1.82) is 0 Å². The first-order chi connectivity index (χ1) is 5.61. The maximum absolute atomic E-state index is 12.4. The fourth-order valence-electron chi connectivity index (χ4n) is 0.513. The Labute approximate surface area is 73.8 Å². The molecule has 0 spiro atoms. The molecule has 0 atom stereocenters. The van der Waals surface area contributed by atoms with Gasteiger partial charge in [0.25, 0.3) is 6.47 Å². The monoisotopic (exact) mass is 191 g/mol. The minimum Gasteiger partial charge on any atom is -0.483 e. The summed E-state index contributed by atoms with van der Waals surface area (Å²) < 4.78 is 12.4. The van der Waals surface area contributed by atoms with Gasteiger partial charge in [0.2, 0.25) is 0 Å². The molecular formula is C7H7ClFNO2. The molecule has 0 radical (unpaired) electrons. The van der Waals surface area contributed by atoms with Gasteiger partial charge in [-0.2, -0.15) is 0 Å². The SMILES string of the molecule is Cc1nc(Cl)ccc1F.O=CO. The molecule has 0 aliphatic carbocycles. The predicted molar refractivity (Wildman–Crippen MR) is 42.6 cm³/mol. The molecule has 0 aliphatic heterocycles. The average Bonchev–Trinajstić information content (AvgIpc) is 1.99. The molecule has 0 unspecified atom stereocenters. The third kappa shape index (κ3) is 3.88. The van der Waals surface area contributed by atoms with Gasteiger partial charge in [0.05, 0.1) is 5.69 Å². The standard InChI is InChI=1S/C6H5ClFN.CH2O2/c1-4-5(8)2-3-6(7)9-4;2-1-3/h2-3H,1H3;1H,(H,2,3). The van der Waals surface area contributed by atoms with Crippen molar-refractivity contribution >= 4 is 18.1 Å². The van der Waals surface area contributed by atoms with Crippen molar-refractivity contribution in [2.45, 2.75) is 6.92 Å². The second-order valence-electron chi connectivity index (χ2n) is 1.81. The van der Waals surface area contributed by atoms with E-state index in [0.29, 0.717) is 10.8 Å². The zero-order valence-electron chi connectivity index (χ0n) is 6.29. The van der Waals surface area contributed by atoms with Gasteiger partial charge < -0.3 is 5.11 Å². The van der Waals surface area contributed by atoms with E-state index in [0.717, 1.165) is 0 Å². The van der Waals surface area contributed by atoms with E-state index in [2.05, 4.69) is 4.98 Å². The summed E-state index contributed by atoms with van der Waals surface area (Å²) in [5.41, 5.74) is 0.336. The lowest BCUT2D eigenvalue weighted by Crippen LogP contribution is -1.85. The molecule has 0 saturated heterocycles. The van der Waals surface area contributed by atoms with Crippen LogP contribution in [0.3, 0.4) is 0 Å². The van der Waals surface area contributed by atoms with Crippen molar-refractivity contribution in [3.63, 3.8) is 0 Å². The number of aryl methyl sites for hydroxylation is 1. The van der Waals surface area contributed by atoms with Crippen molar-refractivity contribution in [1.82, 2.24) is 4.98 Å². The van der Waals surface area contributed by atoms with Crippen LogP contribution in [0.5, 0.6) is 0 Å². The van der Waals surface area contributed by atoms with Gasteiger partial charge in [-0.1, -0.05) is 11.6 Å². The van der Waals surface area contributed by atoms with Crippen molar-refractivity contribution in [3.8, 4) is 0 Å². The molecule has 0 saturated carbocycles. The van der Waals surface area contributed by atoms with Gasteiger partial charge in [0, 0.05) is 0 Å². The number of nitrogens with zero attached hydrogens (tertiary/aromatic N) is 1. The third-order valence-electron chi connectivity index (χ3n) is 0.987. The van der Waals surface area contributed by atoms with E-state index < -0.39 is 0 Å². The molecule has 12 heavy (non-hydrogen) atoms. The average molecular weight is 192 g/mol. The molecule has 0 fully saturated rings. The van der Waals surface area contributed by atoms with Crippen molar-refractivity contribution in [2.75, 3.05) is 0 Å². The molecule has 1 aromatic heterocycles. The fourth-order valence-corrected chi connectivity index (χ4v) is 0.703. The Balaban J connectivity index is 0.000000354. The van der Waals surface area contributed by atoms with Gasteiger partial charge in [-0.15, -0.1) is 0 Å². The van der Waals surface area contributed by atoms with Gasteiger partial charge in [0.15, 0.2) is 0 Å². The number of hydrogen-bond acceptors (Lipinski definition) is 2. The summed E-state index contributed by atoms with van der Waals surface area (Å²) in [6.45, 7) is 1.32. The van der Waals surface area contributed by atoms with Crippen LogP contribution in [0.25, 0.3) is 0 Å². The zero-order valence-corrected chi connectivity index (χ0v) is 7.05. The maximum atomic E-state index is 12.4. The van der Waals surface area contributed by atoms with E-state index in [-0.39, 0.29) is 12.3 Å². The summed E-state index contributed by atoms with van der Waals surface area (Å²) in [4.78, 5) is 12.0. The highest BCUT2D eigenvalue weighted by atomic mass is 35.5. The Morgan fingerprint density at radius 2 is 2.17 bits per heavy atom. The first kappa shape index (κ1) is 10.8. The highest BCUT2D eigenvalue weighted by Crippen LogP contribution is 2.07. The minimum absolute atomic E-state index is 0.250. The summed E-state index contributed by atoms with van der Waals surface area (Å²) in [5.74, 6) is -0.320. The van der Waals surface area contributed by atoms with Crippen LogP contribution >= 0.6 is 11.6 Å². The molecule has 5 heteroatoms. The van der Waals surface area contributed by atoms with Gasteiger partial charge in [-0.25, -0.2) is 9.37 Å². The van der Waals surface area contributed by atoms with E-state index in [9.17, 15) is 4.39 Å². The molecule has 1 N–H and O–H groups in total. The van der Waals surface area contributed by atoms with Crippen molar-refractivity contribution in [3.05, 3.63) is 28.8 Å². The maximum Gasteiger partial charge on any atom is 0.290 e. The second-order valence-corrected chi connectivity index (χ2v) is 2.19. The quantitative estimate of drug-likeness (QED) is 0.503. The molecule has 1 heterocycles.